The van der Waals surface area contributed by atoms with Crippen molar-refractivity contribution in [3.05, 3.63) is 29.6 Å². The van der Waals surface area contributed by atoms with Crippen LogP contribution in [0.15, 0.2) is 18.2 Å². The van der Waals surface area contributed by atoms with Gasteiger partial charge in [-0.2, -0.15) is 0 Å². The summed E-state index contributed by atoms with van der Waals surface area (Å²) in [5, 5.41) is 0. The van der Waals surface area contributed by atoms with Crippen molar-refractivity contribution in [2.75, 3.05) is 11.4 Å². The van der Waals surface area contributed by atoms with Crippen LogP contribution in [0.5, 0.6) is 0 Å². The lowest BCUT2D eigenvalue weighted by Crippen LogP contribution is -2.33. The summed E-state index contributed by atoms with van der Waals surface area (Å²) in [5.41, 5.74) is 1.03. The molecule has 3 heteroatoms. The lowest BCUT2D eigenvalue weighted by Gasteiger charge is -2.30. The van der Waals surface area contributed by atoms with Gasteiger partial charge < -0.3 is 4.90 Å². The summed E-state index contributed by atoms with van der Waals surface area (Å²) in [5.74, 6) is 0.227. The van der Waals surface area contributed by atoms with Crippen molar-refractivity contribution in [3.8, 4) is 0 Å². The summed E-state index contributed by atoms with van der Waals surface area (Å²) in [7, 11) is 0. The normalized spacial score (nSPS) is 20.0. The van der Waals surface area contributed by atoms with Crippen LogP contribution in [0.3, 0.4) is 0 Å². The van der Waals surface area contributed by atoms with Gasteiger partial charge >= 0.3 is 0 Å². The zero-order valence-corrected chi connectivity index (χ0v) is 10.3. The summed E-state index contributed by atoms with van der Waals surface area (Å²) < 4.78 is 13.9. The van der Waals surface area contributed by atoms with Crippen LogP contribution in [0.1, 0.15) is 37.0 Å². The van der Waals surface area contributed by atoms with Gasteiger partial charge in [-0.05, 0) is 37.0 Å². The van der Waals surface area contributed by atoms with Crippen LogP contribution in [-0.2, 0) is 0 Å². The number of nitrogens with zero attached hydrogens (tertiary/aromatic N) is 1. The monoisotopic (exact) mass is 235 g/mol. The quantitative estimate of drug-likeness (QED) is 0.749. The molecule has 0 aliphatic carbocycles. The molecule has 2 rings (SSSR count). The Labute approximate surface area is 101 Å². The van der Waals surface area contributed by atoms with Crippen LogP contribution in [0, 0.1) is 11.7 Å². The molecule has 0 N–H and O–H groups in total. The van der Waals surface area contributed by atoms with Gasteiger partial charge in [0, 0.05) is 18.2 Å². The Morgan fingerprint density at radius 2 is 2.24 bits per heavy atom. The van der Waals surface area contributed by atoms with E-state index in [4.69, 9.17) is 0 Å². The number of hydrogen-bond acceptors (Lipinski definition) is 2. The smallest absolute Gasteiger partial charge is 0.150 e. The Morgan fingerprint density at radius 1 is 1.47 bits per heavy atom. The molecule has 92 valence electrons. The van der Waals surface area contributed by atoms with Crippen molar-refractivity contribution in [2.24, 2.45) is 5.92 Å². The first-order valence-electron chi connectivity index (χ1n) is 6.15. The zero-order valence-electron chi connectivity index (χ0n) is 10.3. The molecule has 1 heterocycles. The second-order valence-electron chi connectivity index (χ2n) is 4.98. The highest BCUT2D eigenvalue weighted by Gasteiger charge is 2.28. The molecular formula is C14H18FNO. The first-order chi connectivity index (χ1) is 8.13. The van der Waals surface area contributed by atoms with Crippen LogP contribution >= 0.6 is 0 Å². The van der Waals surface area contributed by atoms with E-state index in [2.05, 4.69) is 18.7 Å². The predicted molar refractivity (Wildman–Crippen MR) is 67.0 cm³/mol. The molecule has 1 aliphatic heterocycles. The minimum atomic E-state index is -0.290. The number of halogens is 1. The Bertz CT molecular complexity index is 417. The lowest BCUT2D eigenvalue weighted by molar-refractivity contribution is 0.112. The van der Waals surface area contributed by atoms with Gasteiger partial charge in [-0.25, -0.2) is 4.39 Å². The Morgan fingerprint density at radius 3 is 2.82 bits per heavy atom. The van der Waals surface area contributed by atoms with Crippen molar-refractivity contribution in [1.82, 2.24) is 0 Å². The predicted octanol–water partition coefficient (Wildman–Crippen LogP) is 3.26. The van der Waals surface area contributed by atoms with E-state index in [1.807, 2.05) is 0 Å². The summed E-state index contributed by atoms with van der Waals surface area (Å²) in [6.07, 6.45) is 2.90. The van der Waals surface area contributed by atoms with Gasteiger partial charge in [0.2, 0.25) is 0 Å². The highest BCUT2D eigenvalue weighted by Crippen LogP contribution is 2.31. The fourth-order valence-corrected chi connectivity index (χ4v) is 2.61. The van der Waals surface area contributed by atoms with Crippen LogP contribution in [0.25, 0.3) is 0 Å². The van der Waals surface area contributed by atoms with E-state index in [1.54, 1.807) is 12.1 Å². The number of carbonyl (C=O) groups is 1. The Hall–Kier alpha value is -1.38. The van der Waals surface area contributed by atoms with Crippen molar-refractivity contribution in [1.29, 1.82) is 0 Å². The van der Waals surface area contributed by atoms with Crippen LogP contribution in [-0.4, -0.2) is 18.9 Å². The standard InChI is InChI=1S/C14H18FNO/c1-10(2)13-4-3-7-16(13)14-6-5-11(9-17)8-12(14)15/h5-6,8-10,13H,3-4,7H2,1-2H3. The van der Waals surface area contributed by atoms with Crippen molar-refractivity contribution < 1.29 is 9.18 Å². The minimum absolute atomic E-state index is 0.290. The van der Waals surface area contributed by atoms with Crippen molar-refractivity contribution in [3.63, 3.8) is 0 Å². The maximum Gasteiger partial charge on any atom is 0.150 e. The maximum atomic E-state index is 13.9. The largest absolute Gasteiger partial charge is 0.366 e. The van der Waals surface area contributed by atoms with Crippen LogP contribution < -0.4 is 4.90 Å². The molecule has 1 aliphatic rings. The number of aldehydes is 1. The maximum absolute atomic E-state index is 13.9. The molecule has 1 unspecified atom stereocenters. The fourth-order valence-electron chi connectivity index (χ4n) is 2.61. The van der Waals surface area contributed by atoms with E-state index in [9.17, 15) is 9.18 Å². The molecule has 0 radical (unpaired) electrons. The molecule has 0 saturated carbocycles. The highest BCUT2D eigenvalue weighted by atomic mass is 19.1. The van der Waals surface area contributed by atoms with Crippen molar-refractivity contribution in [2.45, 2.75) is 32.7 Å². The molecule has 1 aromatic carbocycles. The van der Waals surface area contributed by atoms with Gasteiger partial charge in [-0.15, -0.1) is 0 Å². The van der Waals surface area contributed by atoms with Crippen LogP contribution in [0.4, 0.5) is 10.1 Å². The molecule has 0 aromatic heterocycles. The molecule has 17 heavy (non-hydrogen) atoms. The van der Waals surface area contributed by atoms with E-state index >= 15 is 0 Å². The first kappa shape index (κ1) is 12.1. The average molecular weight is 235 g/mol. The molecule has 1 saturated heterocycles. The number of benzene rings is 1. The summed E-state index contributed by atoms with van der Waals surface area (Å²) in [4.78, 5) is 12.7. The molecule has 0 bridgehead atoms. The number of anilines is 1. The number of carbonyl (C=O) groups excluding carboxylic acids is 1. The molecule has 1 aromatic rings. The molecule has 1 fully saturated rings. The Balaban J connectivity index is 2.30. The minimum Gasteiger partial charge on any atom is -0.366 e. The van der Waals surface area contributed by atoms with E-state index in [1.165, 1.54) is 6.07 Å². The van der Waals surface area contributed by atoms with E-state index in [0.717, 1.165) is 19.4 Å². The molecule has 1 atom stereocenters. The third-order valence-corrected chi connectivity index (χ3v) is 3.49. The third kappa shape index (κ3) is 2.33. The zero-order chi connectivity index (χ0) is 12.4. The molecule has 0 amide bonds. The number of hydrogen-bond donors (Lipinski definition) is 0. The van der Waals surface area contributed by atoms with Gasteiger partial charge in [-0.3, -0.25) is 4.79 Å². The van der Waals surface area contributed by atoms with E-state index < -0.39 is 0 Å². The van der Waals surface area contributed by atoms with Crippen molar-refractivity contribution >= 4 is 12.0 Å². The molecular weight excluding hydrogens is 217 g/mol. The third-order valence-electron chi connectivity index (χ3n) is 3.49. The van der Waals surface area contributed by atoms with Gasteiger partial charge in [0.25, 0.3) is 0 Å². The van der Waals surface area contributed by atoms with E-state index in [-0.39, 0.29) is 5.82 Å². The van der Waals surface area contributed by atoms with Gasteiger partial charge in [-0.1, -0.05) is 13.8 Å². The lowest BCUT2D eigenvalue weighted by atomic mass is 10.0. The summed E-state index contributed by atoms with van der Waals surface area (Å²) in [6, 6.07) is 5.13. The van der Waals surface area contributed by atoms with Crippen LogP contribution in [0.2, 0.25) is 0 Å². The first-order valence-corrected chi connectivity index (χ1v) is 6.15. The fraction of sp³-hybridized carbons (Fsp3) is 0.500. The topological polar surface area (TPSA) is 20.3 Å². The highest BCUT2D eigenvalue weighted by molar-refractivity contribution is 5.76. The van der Waals surface area contributed by atoms with E-state index in [0.29, 0.717) is 29.5 Å². The van der Waals surface area contributed by atoms with Gasteiger partial charge in [0.1, 0.15) is 12.1 Å². The SMILES string of the molecule is CC(C)C1CCCN1c1ccc(C=O)cc1F. The Kier molecular flexibility index (Phi) is 3.46. The molecule has 0 spiro atoms. The second kappa shape index (κ2) is 4.86. The summed E-state index contributed by atoms with van der Waals surface area (Å²) >= 11 is 0. The van der Waals surface area contributed by atoms with Gasteiger partial charge in [0.05, 0.1) is 5.69 Å². The second-order valence-corrected chi connectivity index (χ2v) is 4.98. The molecule has 2 nitrogen and oxygen atoms in total. The summed E-state index contributed by atoms with van der Waals surface area (Å²) in [6.45, 7) is 5.24. The number of rotatable bonds is 3. The van der Waals surface area contributed by atoms with Gasteiger partial charge in [0.15, 0.2) is 0 Å². The average Bonchev–Trinajstić information content (AvgIpc) is 2.77.